The van der Waals surface area contributed by atoms with Crippen LogP contribution in [0.2, 0.25) is 0 Å². The van der Waals surface area contributed by atoms with Crippen LogP contribution in [0.25, 0.3) is 5.65 Å². The largest absolute Gasteiger partial charge is 0.355 e. The van der Waals surface area contributed by atoms with E-state index >= 15 is 0 Å². The number of rotatable bonds is 3. The molecule has 3 aromatic rings. The van der Waals surface area contributed by atoms with Crippen LogP contribution in [0.1, 0.15) is 28.4 Å². The van der Waals surface area contributed by atoms with Crippen molar-refractivity contribution in [3.8, 4) is 0 Å². The number of carbonyl (C=O) groups excluding carboxylic acids is 1. The normalized spacial score (nSPS) is 17.4. The maximum atomic E-state index is 11.9. The lowest BCUT2D eigenvalue weighted by Crippen LogP contribution is -2.22. The van der Waals surface area contributed by atoms with Gasteiger partial charge in [0.2, 0.25) is 5.95 Å². The summed E-state index contributed by atoms with van der Waals surface area (Å²) in [6.07, 6.45) is 7.79. The summed E-state index contributed by atoms with van der Waals surface area (Å²) in [5, 5.41) is 6.99. The molecule has 4 heterocycles. The molecule has 0 unspecified atom stereocenters. The van der Waals surface area contributed by atoms with E-state index in [0.29, 0.717) is 11.2 Å². The summed E-state index contributed by atoms with van der Waals surface area (Å²) in [4.78, 5) is 27.0. The summed E-state index contributed by atoms with van der Waals surface area (Å²) in [7, 11) is 1.60. The van der Waals surface area contributed by atoms with Gasteiger partial charge in [-0.2, -0.15) is 5.10 Å². The second kappa shape index (κ2) is 5.88. The first-order valence-corrected chi connectivity index (χ1v) is 7.84. The van der Waals surface area contributed by atoms with E-state index in [-0.39, 0.29) is 11.8 Å². The van der Waals surface area contributed by atoms with E-state index in [1.54, 1.807) is 36.4 Å². The van der Waals surface area contributed by atoms with Gasteiger partial charge in [0.15, 0.2) is 5.65 Å². The zero-order valence-corrected chi connectivity index (χ0v) is 13.3. The van der Waals surface area contributed by atoms with Crippen molar-refractivity contribution in [3.63, 3.8) is 0 Å². The molecule has 8 heteroatoms. The van der Waals surface area contributed by atoms with E-state index in [1.807, 2.05) is 12.1 Å². The molecule has 0 aliphatic carbocycles. The lowest BCUT2D eigenvalue weighted by atomic mass is 10.0. The molecule has 1 aliphatic rings. The molecule has 1 amide bonds. The van der Waals surface area contributed by atoms with Gasteiger partial charge in [0.25, 0.3) is 5.91 Å². The molecule has 1 aliphatic heterocycles. The maximum absolute atomic E-state index is 11.9. The maximum Gasteiger partial charge on any atom is 0.256 e. The fourth-order valence-electron chi connectivity index (χ4n) is 3.15. The van der Waals surface area contributed by atoms with Crippen molar-refractivity contribution >= 4 is 17.5 Å². The van der Waals surface area contributed by atoms with Crippen LogP contribution < -0.4 is 10.2 Å². The second-order valence-corrected chi connectivity index (χ2v) is 5.72. The topological polar surface area (TPSA) is 88.3 Å². The molecule has 4 rings (SSSR count). The van der Waals surface area contributed by atoms with Crippen LogP contribution in [-0.4, -0.2) is 50.6 Å². The van der Waals surface area contributed by atoms with Gasteiger partial charge in [-0.3, -0.25) is 4.79 Å². The summed E-state index contributed by atoms with van der Waals surface area (Å²) in [5.74, 6) is 0.856. The molecule has 0 aromatic carbocycles. The van der Waals surface area contributed by atoms with Gasteiger partial charge in [0.05, 0.1) is 11.9 Å². The van der Waals surface area contributed by atoms with Crippen LogP contribution in [0.15, 0.2) is 36.9 Å². The van der Waals surface area contributed by atoms with E-state index in [4.69, 9.17) is 0 Å². The minimum Gasteiger partial charge on any atom is -0.355 e. The lowest BCUT2D eigenvalue weighted by molar-refractivity contribution is 0.0964. The Balaban J connectivity index is 1.66. The quantitative estimate of drug-likeness (QED) is 0.769. The van der Waals surface area contributed by atoms with Gasteiger partial charge in [-0.1, -0.05) is 0 Å². The number of amides is 1. The average molecular weight is 323 g/mol. The Bertz CT molecular complexity index is 877. The number of hydrogen-bond acceptors (Lipinski definition) is 6. The molecule has 8 nitrogen and oxygen atoms in total. The summed E-state index contributed by atoms with van der Waals surface area (Å²) < 4.78 is 1.77. The average Bonchev–Trinajstić information content (AvgIpc) is 3.29. The van der Waals surface area contributed by atoms with Gasteiger partial charge >= 0.3 is 0 Å². The Morgan fingerprint density at radius 2 is 2.08 bits per heavy atom. The van der Waals surface area contributed by atoms with Crippen molar-refractivity contribution in [2.24, 2.45) is 0 Å². The SMILES string of the molecule is CNC(=O)c1cnn2c([C@@H]3CCN(c4ncccn4)C3)ccnc12. The van der Waals surface area contributed by atoms with Crippen molar-refractivity contribution in [2.75, 3.05) is 25.0 Å². The van der Waals surface area contributed by atoms with Crippen molar-refractivity contribution in [2.45, 2.75) is 12.3 Å². The van der Waals surface area contributed by atoms with Gasteiger partial charge in [0.1, 0.15) is 5.56 Å². The van der Waals surface area contributed by atoms with Crippen molar-refractivity contribution in [1.29, 1.82) is 0 Å². The highest BCUT2D eigenvalue weighted by molar-refractivity contribution is 5.99. The third-order valence-electron chi connectivity index (χ3n) is 4.34. The minimum absolute atomic E-state index is 0.180. The predicted octanol–water partition coefficient (Wildman–Crippen LogP) is 0.873. The Hall–Kier alpha value is -3.03. The van der Waals surface area contributed by atoms with Crippen LogP contribution in [-0.2, 0) is 0 Å². The molecular formula is C16H17N7O. The second-order valence-electron chi connectivity index (χ2n) is 5.72. The van der Waals surface area contributed by atoms with Gasteiger partial charge in [-0.05, 0) is 18.6 Å². The van der Waals surface area contributed by atoms with Crippen LogP contribution in [0.4, 0.5) is 5.95 Å². The van der Waals surface area contributed by atoms with Crippen molar-refractivity contribution in [3.05, 3.63) is 48.2 Å². The van der Waals surface area contributed by atoms with Crippen molar-refractivity contribution in [1.82, 2.24) is 29.9 Å². The van der Waals surface area contributed by atoms with Crippen LogP contribution >= 0.6 is 0 Å². The minimum atomic E-state index is -0.180. The molecule has 24 heavy (non-hydrogen) atoms. The molecule has 1 saturated heterocycles. The number of anilines is 1. The first-order valence-electron chi connectivity index (χ1n) is 7.84. The van der Waals surface area contributed by atoms with E-state index in [1.165, 1.54) is 0 Å². The first kappa shape index (κ1) is 14.6. The van der Waals surface area contributed by atoms with E-state index in [9.17, 15) is 4.79 Å². The van der Waals surface area contributed by atoms with Crippen molar-refractivity contribution < 1.29 is 4.79 Å². The number of carbonyl (C=O) groups is 1. The van der Waals surface area contributed by atoms with E-state index < -0.39 is 0 Å². The van der Waals surface area contributed by atoms with Gasteiger partial charge in [0, 0.05) is 44.6 Å². The van der Waals surface area contributed by atoms with Crippen LogP contribution in [0.5, 0.6) is 0 Å². The molecule has 3 aromatic heterocycles. The van der Waals surface area contributed by atoms with Gasteiger partial charge < -0.3 is 10.2 Å². The molecule has 1 N–H and O–H groups in total. The Morgan fingerprint density at radius 1 is 1.25 bits per heavy atom. The zero-order chi connectivity index (χ0) is 16.5. The lowest BCUT2D eigenvalue weighted by Gasteiger charge is -2.16. The fraction of sp³-hybridized carbons (Fsp3) is 0.312. The molecule has 122 valence electrons. The molecule has 1 atom stereocenters. The molecule has 1 fully saturated rings. The zero-order valence-electron chi connectivity index (χ0n) is 13.3. The summed E-state index contributed by atoms with van der Waals surface area (Å²) in [5.41, 5.74) is 2.12. The molecule has 0 spiro atoms. The van der Waals surface area contributed by atoms with E-state index in [2.05, 4.69) is 30.3 Å². The summed E-state index contributed by atoms with van der Waals surface area (Å²) in [6.45, 7) is 1.71. The number of fused-ring (bicyclic) bond motifs is 1. The highest BCUT2D eigenvalue weighted by Gasteiger charge is 2.28. The standard InChI is InChI=1S/C16H17N7O/c1-17-15(24)12-9-21-23-13(3-7-18-14(12)23)11-4-8-22(10-11)16-19-5-2-6-20-16/h2-3,5-7,9,11H,4,8,10H2,1H3,(H,17,24)/t11-/m1/s1. The Kier molecular flexibility index (Phi) is 3.56. The number of nitrogens with zero attached hydrogens (tertiary/aromatic N) is 6. The highest BCUT2D eigenvalue weighted by atomic mass is 16.1. The molecular weight excluding hydrogens is 306 g/mol. The first-order chi connectivity index (χ1) is 11.8. The van der Waals surface area contributed by atoms with Gasteiger partial charge in [-0.25, -0.2) is 19.5 Å². The summed E-state index contributed by atoms with van der Waals surface area (Å²) in [6, 6.07) is 3.78. The highest BCUT2D eigenvalue weighted by Crippen LogP contribution is 2.29. The van der Waals surface area contributed by atoms with Gasteiger partial charge in [-0.15, -0.1) is 0 Å². The molecule has 0 radical (unpaired) electrons. The van der Waals surface area contributed by atoms with Crippen LogP contribution in [0, 0.1) is 0 Å². The predicted molar refractivity (Wildman–Crippen MR) is 88.0 cm³/mol. The Morgan fingerprint density at radius 3 is 2.88 bits per heavy atom. The smallest absolute Gasteiger partial charge is 0.256 e. The van der Waals surface area contributed by atoms with Crippen LogP contribution in [0.3, 0.4) is 0 Å². The third-order valence-corrected chi connectivity index (χ3v) is 4.34. The van der Waals surface area contributed by atoms with E-state index in [0.717, 1.165) is 31.2 Å². The molecule has 0 bridgehead atoms. The monoisotopic (exact) mass is 323 g/mol. The number of nitrogens with one attached hydrogen (secondary N) is 1. The number of hydrogen-bond donors (Lipinski definition) is 1. The molecule has 0 saturated carbocycles. The fourth-order valence-corrected chi connectivity index (χ4v) is 3.15. The summed E-state index contributed by atoms with van der Waals surface area (Å²) >= 11 is 0. The number of aromatic nitrogens is 5. The Labute approximate surface area is 138 Å². The third kappa shape index (κ3) is 2.36.